The van der Waals surface area contributed by atoms with E-state index >= 15 is 0 Å². The molecule has 0 spiro atoms. The zero-order chi connectivity index (χ0) is 109. The molecule has 65 heteroatoms. The van der Waals surface area contributed by atoms with Gasteiger partial charge in [-0.3, -0.25) is 19.2 Å². The topological polar surface area (TPSA) is 1010 Å². The third kappa shape index (κ3) is 26.2. The van der Waals surface area contributed by atoms with Crippen molar-refractivity contribution < 1.29 is 301 Å². The molecule has 856 valence electrons. The van der Waals surface area contributed by atoms with Gasteiger partial charge in [0.25, 0.3) is 5.79 Å². The second-order valence-corrected chi connectivity index (χ2v) is 38.0. The molecule has 0 aliphatic carbocycles. The van der Waals surface area contributed by atoms with Gasteiger partial charge < -0.3 is 299 Å². The number of ether oxygens (including phenoxy) is 23. The molecule has 12 heterocycles. The SMILES string of the molecule is CC(=O)N[C@H]1[C@H](O[C@H]2[C@@H](O)[C@@H](CO[C@@H]3O[C@H](CO)[C@@H](O[C@@H]4O[C@H](CO)[C@H](O)[C@H](O[C@@H]5O[C@H](CO)[C@@H](O)[C@H](O[C@@H]6O[C@H](CO)[C@H](O)[C@H](O)[C@H]6O[C@@H]6O[C@@H](C)[C@@H](O)[C@@H](O)[C@@H]6O)[C@H]5NC(C)=O)[C@H]4O)[C@H](O[C@@H]4O[C@@H](C)[C@@H](O)[C@@H](O)[C@@H]4O)[C@H]3NC(C)=O)O[C@@H](O[C@H]3[C@H](O)[C@@H](O)[C@@H](O)O[C@@H]3CO)[C@@H]2O)O[C@H](CO)[C@@H](O[C@@H]2O[C@@H](C)[C@@H](O)[C@@H](O)[C@@H]2O)[C@@H]1O[C@@H]1O[C@H](CO)[C@H](O)[C@H](O[C@]2(C(=O)O)C[C@H](O)[C@@H](NC(C)=O)[C@H]([C@H](O)[C@H](O)CO)O2)[C@H]1O. The fourth-order valence-electron chi connectivity index (χ4n) is 19.4. The van der Waals surface area contributed by atoms with Gasteiger partial charge in [0.1, 0.15) is 268 Å². The predicted molar refractivity (Wildman–Crippen MR) is 454 cm³/mol. The summed E-state index contributed by atoms with van der Waals surface area (Å²) in [6.45, 7) is -4.33. The Hall–Kier alpha value is -4.85. The average molecular weight is 2170 g/mol. The van der Waals surface area contributed by atoms with Gasteiger partial charge in [-0.15, -0.1) is 0 Å². The Morgan fingerprint density at radius 3 is 1.01 bits per heavy atom. The third-order valence-corrected chi connectivity index (χ3v) is 27.5. The minimum Gasteiger partial charge on any atom is -0.477 e. The summed E-state index contributed by atoms with van der Waals surface area (Å²) < 4.78 is 139. The molecule has 0 unspecified atom stereocenters. The maximum Gasteiger partial charge on any atom is 0.364 e. The smallest absolute Gasteiger partial charge is 0.364 e. The van der Waals surface area contributed by atoms with Gasteiger partial charge in [-0.05, 0) is 20.8 Å². The van der Waals surface area contributed by atoms with Crippen molar-refractivity contribution in [3.05, 3.63) is 0 Å². The molecular weight excluding hydrogens is 2030 g/mol. The van der Waals surface area contributed by atoms with E-state index in [9.17, 15) is 192 Å². The highest BCUT2D eigenvalue weighted by Gasteiger charge is 2.66. The van der Waals surface area contributed by atoms with Crippen LogP contribution in [0.1, 0.15) is 54.9 Å². The Morgan fingerprint density at radius 1 is 0.291 bits per heavy atom. The number of aliphatic hydroxyl groups excluding tert-OH is 32. The summed E-state index contributed by atoms with van der Waals surface area (Å²) in [6.07, 6.45) is -125. The second kappa shape index (κ2) is 52.1. The molecule has 0 radical (unpaired) electrons. The lowest BCUT2D eigenvalue weighted by molar-refractivity contribution is -0.401. The van der Waals surface area contributed by atoms with E-state index in [1.54, 1.807) is 0 Å². The summed E-state index contributed by atoms with van der Waals surface area (Å²) in [7, 11) is 0. The van der Waals surface area contributed by atoms with Crippen LogP contribution in [0.5, 0.6) is 0 Å². The van der Waals surface area contributed by atoms with Crippen molar-refractivity contribution in [3.8, 4) is 0 Å². The van der Waals surface area contributed by atoms with Crippen LogP contribution in [0.3, 0.4) is 0 Å². The first-order valence-electron chi connectivity index (χ1n) is 47.4. The van der Waals surface area contributed by atoms with Crippen LogP contribution in [0.2, 0.25) is 0 Å². The fraction of sp³-hybridized carbons (Fsp3) is 0.940. The van der Waals surface area contributed by atoms with E-state index in [0.29, 0.717) is 0 Å². The second-order valence-electron chi connectivity index (χ2n) is 38.0. The highest BCUT2D eigenvalue weighted by atomic mass is 16.8. The number of hydrogen-bond acceptors (Lipinski definition) is 60. The van der Waals surface area contributed by atoms with E-state index in [1.807, 2.05) is 0 Å². The average Bonchev–Trinajstić information content (AvgIpc) is 0.742. The molecule has 0 aromatic carbocycles. The van der Waals surface area contributed by atoms with Crippen molar-refractivity contribution >= 4 is 29.6 Å². The highest BCUT2D eigenvalue weighted by molar-refractivity contribution is 5.77. The van der Waals surface area contributed by atoms with Crippen molar-refractivity contribution in [1.82, 2.24) is 21.3 Å². The number of carboxylic acid groups (broad SMARTS) is 1. The molecule has 0 saturated carbocycles. The van der Waals surface area contributed by atoms with E-state index in [0.717, 1.165) is 27.7 Å². The van der Waals surface area contributed by atoms with Crippen LogP contribution in [0.4, 0.5) is 0 Å². The molecule has 12 aliphatic rings. The van der Waals surface area contributed by atoms with Crippen LogP contribution in [-0.2, 0) is 133 Å². The summed E-state index contributed by atoms with van der Waals surface area (Å²) >= 11 is 0. The Kier molecular flexibility index (Phi) is 42.9. The van der Waals surface area contributed by atoms with Crippen molar-refractivity contribution in [1.29, 1.82) is 0 Å². The molecule has 148 heavy (non-hydrogen) atoms. The number of carbonyl (C=O) groups excluding carboxylic acids is 4. The molecule has 65 nitrogen and oxygen atoms in total. The molecule has 0 bridgehead atoms. The van der Waals surface area contributed by atoms with E-state index < -0.39 is 469 Å². The number of carbonyl (C=O) groups is 5. The Morgan fingerprint density at radius 2 is 0.595 bits per heavy atom. The van der Waals surface area contributed by atoms with Crippen molar-refractivity contribution in [2.75, 3.05) is 59.5 Å². The quantitative estimate of drug-likeness (QED) is 0.0273. The largest absolute Gasteiger partial charge is 0.477 e. The van der Waals surface area contributed by atoms with Gasteiger partial charge in [-0.1, -0.05) is 0 Å². The molecule has 37 N–H and O–H groups in total. The number of aliphatic hydroxyl groups is 32. The number of rotatable bonds is 38. The van der Waals surface area contributed by atoms with Gasteiger partial charge in [-0.2, -0.15) is 0 Å². The molecule has 12 rings (SSSR count). The normalized spacial score (nSPS) is 49.8. The standard InChI is InChI=1S/C83H138N4O61/c1-18-39(102)48(111)54(117)75(127-18)139-62-33(16-95)136-74(38(87-24(7)99)66(62)143-80-59(122)69(46(109)30(13-92)133-80)148-83(82(124)125)8-25(100)35(84-21(4)96)64(147-83)42(105)26(101)9-88)145-68-47(110)34(137-79(58(68)121)138-60-31(14-93)130-71(123)53(116)52(60)115)17-126-72-37(86-23(6)98)65(142-76-55(118)49(112)40(103)19(2)128-76)61(32(15-94)135-72)140-78-57(120)67(45(108)29(12-91)132-78)144-73-36(85-22(5)97)63(44(107)28(11-90)131-73)141-81-70(51(114)43(106)27(10-89)134-81)146-77-56(119)50(113)41(104)20(3)129-77/h18-20,25-81,88-95,100-123H,8-17H2,1-7H3,(H,84,96)(H,85,97)(H,86,98)(H,87,99)(H,124,125)/t18-,19-,20-,25-,26+,27+,28+,29+,30+,31+,32+,33+,34+,35+,36+,37+,38+,39+,40+,41+,42+,43-,44+,45-,46-,47-,48+,49+,50+,51-,52+,53+,54-,55-,56-,57+,58+,59+,60+,61+,62+,63+,64+,65+,66+,67-,68-,69-,70+,71-,72+,73-,74-,75-,76-,77-,78-,79-,80-,81-,83-/m0/s1. The summed E-state index contributed by atoms with van der Waals surface area (Å²) in [6, 6.07) is -8.33. The first-order chi connectivity index (χ1) is 69.8. The summed E-state index contributed by atoms with van der Waals surface area (Å²) in [5.74, 6) is -9.90. The Labute approximate surface area is 837 Å². The number of carboxylic acids is 1. The first kappa shape index (κ1) is 122. The molecule has 0 aromatic heterocycles. The van der Waals surface area contributed by atoms with Crippen LogP contribution in [0, 0.1) is 0 Å². The van der Waals surface area contributed by atoms with Crippen LogP contribution >= 0.6 is 0 Å². The van der Waals surface area contributed by atoms with Crippen LogP contribution < -0.4 is 21.3 Å². The molecule has 0 aromatic rings. The van der Waals surface area contributed by atoms with Crippen molar-refractivity contribution in [2.45, 2.75) is 429 Å². The zero-order valence-corrected chi connectivity index (χ0v) is 79.9. The fourth-order valence-corrected chi connectivity index (χ4v) is 19.4. The van der Waals surface area contributed by atoms with E-state index in [1.165, 1.54) is 20.8 Å². The molecule has 12 fully saturated rings. The van der Waals surface area contributed by atoms with Gasteiger partial charge in [-0.25, -0.2) is 4.79 Å². The molecule has 12 aliphatic heterocycles. The summed E-state index contributed by atoms with van der Waals surface area (Å²) in [5, 5.41) is 383. The van der Waals surface area contributed by atoms with Gasteiger partial charge in [0, 0.05) is 34.1 Å². The van der Waals surface area contributed by atoms with E-state index in [2.05, 4.69) is 21.3 Å². The molecule has 4 amide bonds. The third-order valence-electron chi connectivity index (χ3n) is 27.5. The summed E-state index contributed by atoms with van der Waals surface area (Å²) in [5.41, 5.74) is 0. The lowest BCUT2D eigenvalue weighted by Crippen LogP contribution is -2.72. The Balaban J connectivity index is 0.887. The Bertz CT molecular complexity index is 4190. The zero-order valence-electron chi connectivity index (χ0n) is 79.9. The maximum atomic E-state index is 14.0. The highest BCUT2D eigenvalue weighted by Crippen LogP contribution is 2.45. The lowest BCUT2D eigenvalue weighted by Gasteiger charge is -2.52. The molecule has 12 saturated heterocycles. The van der Waals surface area contributed by atoms with Gasteiger partial charge in [0.2, 0.25) is 23.6 Å². The molecular formula is C83H138N4O61. The van der Waals surface area contributed by atoms with Gasteiger partial charge >= 0.3 is 5.97 Å². The molecule has 61 atom stereocenters. The maximum absolute atomic E-state index is 14.0. The summed E-state index contributed by atoms with van der Waals surface area (Å²) in [4.78, 5) is 67.4. The van der Waals surface area contributed by atoms with Crippen LogP contribution in [-0.4, -0.2) is 631 Å². The van der Waals surface area contributed by atoms with E-state index in [-0.39, 0.29) is 0 Å². The van der Waals surface area contributed by atoms with Gasteiger partial charge in [0.05, 0.1) is 89.9 Å². The monoisotopic (exact) mass is 2170 g/mol. The van der Waals surface area contributed by atoms with E-state index in [4.69, 9.17) is 109 Å². The lowest BCUT2D eigenvalue weighted by atomic mass is 9.88. The van der Waals surface area contributed by atoms with Gasteiger partial charge in [0.15, 0.2) is 69.2 Å². The van der Waals surface area contributed by atoms with Crippen LogP contribution in [0.15, 0.2) is 0 Å². The number of hydrogen-bond donors (Lipinski definition) is 37. The minimum absolute atomic E-state index is 0.814. The number of aliphatic carboxylic acids is 1. The van der Waals surface area contributed by atoms with Crippen LogP contribution in [0.25, 0.3) is 0 Å². The number of amides is 4. The first-order valence-corrected chi connectivity index (χ1v) is 47.4. The van der Waals surface area contributed by atoms with Crippen molar-refractivity contribution in [2.24, 2.45) is 0 Å². The minimum atomic E-state index is -3.45. The van der Waals surface area contributed by atoms with Crippen molar-refractivity contribution in [3.63, 3.8) is 0 Å². The predicted octanol–water partition coefficient (Wildman–Crippen LogP) is -24.3. The number of nitrogens with one attached hydrogen (secondary N) is 4.